The van der Waals surface area contributed by atoms with E-state index in [1.807, 2.05) is 11.9 Å². The highest BCUT2D eigenvalue weighted by molar-refractivity contribution is 6.31. The molecule has 2 rings (SSSR count). The van der Waals surface area contributed by atoms with Crippen LogP contribution in [0, 0.1) is 5.82 Å². The maximum Gasteiger partial charge on any atom is 0.238 e. The number of likely N-dealkylation sites (N-methyl/N-ethyl adjacent to an activating group) is 1. The molecule has 1 N–H and O–H groups in total. The van der Waals surface area contributed by atoms with Crippen molar-refractivity contribution in [3.63, 3.8) is 0 Å². The van der Waals surface area contributed by atoms with Crippen LogP contribution in [0.2, 0.25) is 5.02 Å². The summed E-state index contributed by atoms with van der Waals surface area (Å²) in [6, 6.07) is 10.8. The number of methoxy groups -OCH3 is 1. The fourth-order valence-corrected chi connectivity index (χ4v) is 2.31. The first-order chi connectivity index (χ1) is 12.0. The SMILES string of the molecule is COc1ccc(Cl)cc1NC(=O)CN(C)CCOc1ccc(F)cc1. The molecular formula is C18H20ClFN2O3. The van der Waals surface area contributed by atoms with E-state index in [9.17, 15) is 9.18 Å². The molecule has 0 atom stereocenters. The number of halogens is 2. The highest BCUT2D eigenvalue weighted by Crippen LogP contribution is 2.27. The van der Waals surface area contributed by atoms with Crippen molar-refractivity contribution in [1.82, 2.24) is 4.90 Å². The number of rotatable bonds is 8. The molecule has 25 heavy (non-hydrogen) atoms. The van der Waals surface area contributed by atoms with Crippen molar-refractivity contribution < 1.29 is 18.7 Å². The number of nitrogens with one attached hydrogen (secondary N) is 1. The Morgan fingerprint density at radius 2 is 1.96 bits per heavy atom. The summed E-state index contributed by atoms with van der Waals surface area (Å²) in [5.41, 5.74) is 0.524. The number of ether oxygens (including phenoxy) is 2. The van der Waals surface area contributed by atoms with Crippen LogP contribution in [0.25, 0.3) is 0 Å². The predicted molar refractivity (Wildman–Crippen MR) is 96.0 cm³/mol. The molecule has 134 valence electrons. The summed E-state index contributed by atoms with van der Waals surface area (Å²) >= 11 is 5.94. The average Bonchev–Trinajstić information content (AvgIpc) is 2.57. The molecule has 0 spiro atoms. The largest absolute Gasteiger partial charge is 0.495 e. The zero-order valence-electron chi connectivity index (χ0n) is 14.1. The van der Waals surface area contributed by atoms with E-state index in [1.54, 1.807) is 30.3 Å². The van der Waals surface area contributed by atoms with E-state index in [0.29, 0.717) is 35.4 Å². The van der Waals surface area contributed by atoms with Gasteiger partial charge in [0.1, 0.15) is 23.9 Å². The van der Waals surface area contributed by atoms with Gasteiger partial charge in [0.25, 0.3) is 0 Å². The third-order valence-corrected chi connectivity index (χ3v) is 3.64. The molecule has 7 heteroatoms. The van der Waals surface area contributed by atoms with Crippen LogP contribution < -0.4 is 14.8 Å². The number of anilines is 1. The first-order valence-corrected chi connectivity index (χ1v) is 8.06. The van der Waals surface area contributed by atoms with Crippen LogP contribution in [-0.2, 0) is 4.79 Å². The summed E-state index contributed by atoms with van der Waals surface area (Å²) < 4.78 is 23.5. The number of hydrogen-bond acceptors (Lipinski definition) is 4. The first-order valence-electron chi connectivity index (χ1n) is 7.68. The van der Waals surface area contributed by atoms with Crippen LogP contribution in [0.3, 0.4) is 0 Å². The van der Waals surface area contributed by atoms with E-state index in [-0.39, 0.29) is 18.3 Å². The van der Waals surface area contributed by atoms with Crippen molar-refractivity contribution >= 4 is 23.2 Å². The molecule has 0 saturated carbocycles. The van der Waals surface area contributed by atoms with E-state index in [0.717, 1.165) is 0 Å². The fourth-order valence-electron chi connectivity index (χ4n) is 2.14. The monoisotopic (exact) mass is 366 g/mol. The molecule has 0 saturated heterocycles. The Labute approximate surface area is 151 Å². The van der Waals surface area contributed by atoms with Gasteiger partial charge >= 0.3 is 0 Å². The molecule has 2 aromatic carbocycles. The number of benzene rings is 2. The molecule has 0 bridgehead atoms. The third kappa shape index (κ3) is 6.25. The zero-order chi connectivity index (χ0) is 18.2. The molecule has 0 fully saturated rings. The smallest absolute Gasteiger partial charge is 0.238 e. The van der Waals surface area contributed by atoms with Crippen LogP contribution >= 0.6 is 11.6 Å². The molecule has 0 aliphatic rings. The highest BCUT2D eigenvalue weighted by Gasteiger charge is 2.11. The fraction of sp³-hybridized carbons (Fsp3) is 0.278. The molecule has 0 aliphatic carbocycles. The maximum atomic E-state index is 12.8. The molecule has 0 radical (unpaired) electrons. The van der Waals surface area contributed by atoms with Gasteiger partial charge in [-0.1, -0.05) is 11.6 Å². The normalized spacial score (nSPS) is 10.6. The summed E-state index contributed by atoms with van der Waals surface area (Å²) in [6.07, 6.45) is 0. The van der Waals surface area contributed by atoms with Crippen molar-refractivity contribution in [1.29, 1.82) is 0 Å². The quantitative estimate of drug-likeness (QED) is 0.777. The van der Waals surface area contributed by atoms with Crippen molar-refractivity contribution in [3.8, 4) is 11.5 Å². The summed E-state index contributed by atoms with van der Waals surface area (Å²) in [7, 11) is 3.33. The van der Waals surface area contributed by atoms with Gasteiger partial charge < -0.3 is 14.8 Å². The van der Waals surface area contributed by atoms with Gasteiger partial charge in [-0.15, -0.1) is 0 Å². The second kappa shape index (κ2) is 9.25. The van der Waals surface area contributed by atoms with Gasteiger partial charge in [0, 0.05) is 11.6 Å². The lowest BCUT2D eigenvalue weighted by atomic mass is 10.3. The summed E-state index contributed by atoms with van der Waals surface area (Å²) in [5, 5.41) is 3.29. The van der Waals surface area contributed by atoms with Gasteiger partial charge in [-0.3, -0.25) is 9.69 Å². The lowest BCUT2D eigenvalue weighted by molar-refractivity contribution is -0.117. The van der Waals surface area contributed by atoms with Gasteiger partial charge in [-0.25, -0.2) is 4.39 Å². The highest BCUT2D eigenvalue weighted by atomic mass is 35.5. The van der Waals surface area contributed by atoms with Gasteiger partial charge in [0.05, 0.1) is 19.3 Å². The van der Waals surface area contributed by atoms with Gasteiger partial charge in [0.2, 0.25) is 5.91 Å². The first kappa shape index (κ1) is 19.0. The Morgan fingerprint density at radius 1 is 1.24 bits per heavy atom. The number of nitrogens with zero attached hydrogens (tertiary/aromatic N) is 1. The van der Waals surface area contributed by atoms with E-state index in [2.05, 4.69) is 5.32 Å². The third-order valence-electron chi connectivity index (χ3n) is 3.40. The van der Waals surface area contributed by atoms with Crippen molar-refractivity contribution in [2.24, 2.45) is 0 Å². The average molecular weight is 367 g/mol. The van der Waals surface area contributed by atoms with Crippen molar-refractivity contribution in [3.05, 3.63) is 53.3 Å². The standard InChI is InChI=1S/C18H20ClFN2O3/c1-22(9-10-25-15-6-4-14(20)5-7-15)12-18(23)21-16-11-13(19)3-8-17(16)24-2/h3-8,11H,9-10,12H2,1-2H3,(H,21,23). The van der Waals surface area contributed by atoms with Crippen LogP contribution in [-0.4, -0.2) is 44.7 Å². The molecular weight excluding hydrogens is 347 g/mol. The van der Waals surface area contributed by atoms with Gasteiger partial charge in [-0.05, 0) is 49.5 Å². The van der Waals surface area contributed by atoms with Crippen LogP contribution in [0.5, 0.6) is 11.5 Å². The minimum absolute atomic E-state index is 0.183. The molecule has 0 heterocycles. The Morgan fingerprint density at radius 3 is 2.64 bits per heavy atom. The number of carbonyl (C=O) groups excluding carboxylic acids is 1. The molecule has 0 aliphatic heterocycles. The molecule has 1 amide bonds. The summed E-state index contributed by atoms with van der Waals surface area (Å²) in [6.45, 7) is 1.11. The number of carbonyl (C=O) groups is 1. The minimum atomic E-state index is -0.308. The van der Waals surface area contributed by atoms with Gasteiger partial charge in [-0.2, -0.15) is 0 Å². The van der Waals surface area contributed by atoms with Crippen molar-refractivity contribution in [2.45, 2.75) is 0 Å². The summed E-state index contributed by atoms with van der Waals surface area (Å²) in [4.78, 5) is 14.0. The van der Waals surface area contributed by atoms with E-state index in [1.165, 1.54) is 19.2 Å². The van der Waals surface area contributed by atoms with Crippen LogP contribution in [0.15, 0.2) is 42.5 Å². The molecule has 2 aromatic rings. The number of amides is 1. The molecule has 5 nitrogen and oxygen atoms in total. The maximum absolute atomic E-state index is 12.8. The zero-order valence-corrected chi connectivity index (χ0v) is 14.8. The van der Waals surface area contributed by atoms with Crippen LogP contribution in [0.1, 0.15) is 0 Å². The molecule has 0 aromatic heterocycles. The topological polar surface area (TPSA) is 50.8 Å². The second-order valence-corrected chi connectivity index (χ2v) is 5.87. The van der Waals surface area contributed by atoms with E-state index in [4.69, 9.17) is 21.1 Å². The van der Waals surface area contributed by atoms with Crippen molar-refractivity contribution in [2.75, 3.05) is 39.2 Å². The number of hydrogen-bond donors (Lipinski definition) is 1. The Bertz CT molecular complexity index is 710. The Kier molecular flexibility index (Phi) is 7.03. The Hall–Kier alpha value is -2.31. The second-order valence-electron chi connectivity index (χ2n) is 5.43. The minimum Gasteiger partial charge on any atom is -0.495 e. The Balaban J connectivity index is 1.78. The summed E-state index contributed by atoms with van der Waals surface area (Å²) in [5.74, 6) is 0.630. The molecule has 0 unspecified atom stereocenters. The van der Waals surface area contributed by atoms with E-state index < -0.39 is 0 Å². The van der Waals surface area contributed by atoms with E-state index >= 15 is 0 Å². The predicted octanol–water partition coefficient (Wildman–Crippen LogP) is 3.44. The lowest BCUT2D eigenvalue weighted by Gasteiger charge is -2.17. The lowest BCUT2D eigenvalue weighted by Crippen LogP contribution is -2.33. The van der Waals surface area contributed by atoms with Gasteiger partial charge in [0.15, 0.2) is 0 Å². The van der Waals surface area contributed by atoms with Crippen LogP contribution in [0.4, 0.5) is 10.1 Å².